The Morgan fingerprint density at radius 3 is 2.58 bits per heavy atom. The number of rotatable bonds is 9. The average Bonchev–Trinajstić information content (AvgIpc) is 3.42. The minimum Gasteiger partial charge on any atom is -0.496 e. The quantitative estimate of drug-likeness (QED) is 0.499. The van der Waals surface area contributed by atoms with E-state index in [0.717, 1.165) is 40.0 Å². The lowest BCUT2D eigenvalue weighted by Gasteiger charge is -2.29. The molecule has 4 rings (SSSR count). The van der Waals surface area contributed by atoms with Gasteiger partial charge >= 0.3 is 0 Å². The molecule has 1 atom stereocenters. The van der Waals surface area contributed by atoms with Crippen molar-refractivity contribution >= 4 is 16.5 Å². The van der Waals surface area contributed by atoms with Gasteiger partial charge in [0, 0.05) is 38.0 Å². The van der Waals surface area contributed by atoms with Crippen molar-refractivity contribution in [2.24, 2.45) is 5.92 Å². The lowest BCUT2D eigenvalue weighted by Crippen LogP contribution is -2.34. The molecule has 33 heavy (non-hydrogen) atoms. The standard InChI is InChI=1S/C24H33N5O3S/c1-16-23(20-8-10-29(27-20)15-17-7-6-9-28(2)14-17)33-24(26-16)25-13-19-21(31-4)11-18(30-3)12-22(19)32-5/h8,10-12,17H,6-7,9,13-15H2,1-5H3,(H,25,26)/t17-/m1/s1. The number of hydrogen-bond acceptors (Lipinski definition) is 8. The fourth-order valence-corrected chi connectivity index (χ4v) is 5.32. The maximum Gasteiger partial charge on any atom is 0.183 e. The van der Waals surface area contributed by atoms with Crippen LogP contribution in [0.25, 0.3) is 10.6 Å². The first-order chi connectivity index (χ1) is 16.0. The Morgan fingerprint density at radius 2 is 1.91 bits per heavy atom. The Morgan fingerprint density at radius 1 is 1.15 bits per heavy atom. The summed E-state index contributed by atoms with van der Waals surface area (Å²) in [6, 6.07) is 5.80. The van der Waals surface area contributed by atoms with Gasteiger partial charge in [0.2, 0.25) is 0 Å². The normalized spacial score (nSPS) is 16.6. The number of hydrogen-bond donors (Lipinski definition) is 1. The number of aromatic nitrogens is 3. The third-order valence-corrected chi connectivity index (χ3v) is 7.21. The molecule has 0 amide bonds. The molecular formula is C24H33N5O3S. The van der Waals surface area contributed by atoms with Crippen LogP contribution in [0.15, 0.2) is 24.4 Å². The monoisotopic (exact) mass is 471 g/mol. The van der Waals surface area contributed by atoms with E-state index in [9.17, 15) is 0 Å². The molecule has 8 nitrogen and oxygen atoms in total. The maximum atomic E-state index is 5.56. The van der Waals surface area contributed by atoms with Crippen molar-refractivity contribution in [2.45, 2.75) is 32.9 Å². The molecule has 3 heterocycles. The highest BCUT2D eigenvalue weighted by molar-refractivity contribution is 7.19. The van der Waals surface area contributed by atoms with Crippen molar-refractivity contribution in [3.63, 3.8) is 0 Å². The predicted octanol–water partition coefficient (Wildman–Crippen LogP) is 4.29. The summed E-state index contributed by atoms with van der Waals surface area (Å²) in [7, 11) is 7.12. The van der Waals surface area contributed by atoms with Gasteiger partial charge in [-0.3, -0.25) is 4.68 Å². The molecule has 0 bridgehead atoms. The molecule has 1 N–H and O–H groups in total. The minimum atomic E-state index is 0.520. The number of benzene rings is 1. The van der Waals surface area contributed by atoms with E-state index >= 15 is 0 Å². The number of anilines is 1. The van der Waals surface area contributed by atoms with Gasteiger partial charge in [-0.15, -0.1) is 0 Å². The molecule has 1 aliphatic rings. The highest BCUT2D eigenvalue weighted by Crippen LogP contribution is 2.36. The van der Waals surface area contributed by atoms with Crippen LogP contribution in [0, 0.1) is 12.8 Å². The van der Waals surface area contributed by atoms with Gasteiger partial charge in [-0.25, -0.2) is 4.98 Å². The number of likely N-dealkylation sites (tertiary alicyclic amines) is 1. The lowest BCUT2D eigenvalue weighted by atomic mass is 9.99. The summed E-state index contributed by atoms with van der Waals surface area (Å²) < 4.78 is 18.5. The molecule has 0 unspecified atom stereocenters. The highest BCUT2D eigenvalue weighted by atomic mass is 32.1. The van der Waals surface area contributed by atoms with Gasteiger partial charge < -0.3 is 24.4 Å². The van der Waals surface area contributed by atoms with Crippen LogP contribution < -0.4 is 19.5 Å². The summed E-state index contributed by atoms with van der Waals surface area (Å²) in [5.41, 5.74) is 2.86. The van der Waals surface area contributed by atoms with Crippen molar-refractivity contribution in [3.8, 4) is 27.8 Å². The first kappa shape index (κ1) is 23.4. The molecule has 0 aliphatic carbocycles. The van der Waals surface area contributed by atoms with Crippen LogP contribution in [0.2, 0.25) is 0 Å². The van der Waals surface area contributed by atoms with E-state index in [-0.39, 0.29) is 0 Å². The molecule has 0 spiro atoms. The van der Waals surface area contributed by atoms with Crippen LogP contribution >= 0.6 is 11.3 Å². The van der Waals surface area contributed by atoms with Crippen LogP contribution in [0.4, 0.5) is 5.13 Å². The van der Waals surface area contributed by atoms with Crippen molar-refractivity contribution < 1.29 is 14.2 Å². The first-order valence-corrected chi connectivity index (χ1v) is 12.0. The van der Waals surface area contributed by atoms with Crippen LogP contribution in [-0.4, -0.2) is 61.1 Å². The summed E-state index contributed by atoms with van der Waals surface area (Å²) in [5.74, 6) is 2.76. The molecule has 0 radical (unpaired) electrons. The van der Waals surface area contributed by atoms with E-state index in [0.29, 0.717) is 29.7 Å². The van der Waals surface area contributed by atoms with E-state index in [4.69, 9.17) is 24.3 Å². The van der Waals surface area contributed by atoms with Gasteiger partial charge in [0.15, 0.2) is 5.13 Å². The maximum absolute atomic E-state index is 5.56. The smallest absolute Gasteiger partial charge is 0.183 e. The summed E-state index contributed by atoms with van der Waals surface area (Å²) >= 11 is 1.61. The molecule has 1 aliphatic heterocycles. The van der Waals surface area contributed by atoms with Crippen LogP contribution in [0.5, 0.6) is 17.2 Å². The second-order valence-corrected chi connectivity index (χ2v) is 9.49. The second-order valence-electron chi connectivity index (χ2n) is 8.49. The zero-order chi connectivity index (χ0) is 23.4. The Kier molecular flexibility index (Phi) is 7.39. The summed E-state index contributed by atoms with van der Waals surface area (Å²) in [6.45, 7) is 5.85. The third-order valence-electron chi connectivity index (χ3n) is 6.07. The fourth-order valence-electron chi connectivity index (χ4n) is 4.40. The molecule has 178 valence electrons. The van der Waals surface area contributed by atoms with E-state index in [1.807, 2.05) is 19.1 Å². The van der Waals surface area contributed by atoms with Crippen LogP contribution in [0.3, 0.4) is 0 Å². The lowest BCUT2D eigenvalue weighted by molar-refractivity contribution is 0.191. The predicted molar refractivity (Wildman–Crippen MR) is 132 cm³/mol. The summed E-state index contributed by atoms with van der Waals surface area (Å²) in [5, 5.41) is 9.11. The van der Waals surface area contributed by atoms with Crippen molar-refractivity contribution in [2.75, 3.05) is 46.8 Å². The molecule has 2 aromatic heterocycles. The zero-order valence-corrected chi connectivity index (χ0v) is 20.9. The minimum absolute atomic E-state index is 0.520. The van der Waals surface area contributed by atoms with E-state index in [1.54, 1.807) is 32.7 Å². The van der Waals surface area contributed by atoms with E-state index in [1.165, 1.54) is 19.4 Å². The fraction of sp³-hybridized carbons (Fsp3) is 0.500. The van der Waals surface area contributed by atoms with Gasteiger partial charge in [-0.2, -0.15) is 5.10 Å². The highest BCUT2D eigenvalue weighted by Gasteiger charge is 2.19. The summed E-state index contributed by atoms with van der Waals surface area (Å²) in [6.07, 6.45) is 4.62. The Bertz CT molecular complexity index is 1050. The van der Waals surface area contributed by atoms with Gasteiger partial charge in [0.25, 0.3) is 0 Å². The van der Waals surface area contributed by atoms with Crippen LogP contribution in [0.1, 0.15) is 24.1 Å². The van der Waals surface area contributed by atoms with E-state index < -0.39 is 0 Å². The van der Waals surface area contributed by atoms with Crippen LogP contribution in [-0.2, 0) is 13.1 Å². The third kappa shape index (κ3) is 5.42. The number of thiazole rings is 1. The molecule has 1 saturated heterocycles. The molecule has 1 fully saturated rings. The molecule has 9 heteroatoms. The molecule has 1 aromatic carbocycles. The van der Waals surface area contributed by atoms with Gasteiger partial charge in [0.05, 0.1) is 37.5 Å². The van der Waals surface area contributed by atoms with E-state index in [2.05, 4.69) is 34.2 Å². The number of ether oxygens (including phenoxy) is 3. The van der Waals surface area contributed by atoms with Gasteiger partial charge in [0.1, 0.15) is 22.9 Å². The van der Waals surface area contributed by atoms with Crippen molar-refractivity contribution in [1.29, 1.82) is 0 Å². The van der Waals surface area contributed by atoms with Gasteiger partial charge in [-0.05, 0) is 45.3 Å². The number of nitrogens with zero attached hydrogens (tertiary/aromatic N) is 4. The largest absolute Gasteiger partial charge is 0.496 e. The number of methoxy groups -OCH3 is 3. The van der Waals surface area contributed by atoms with Gasteiger partial charge in [-0.1, -0.05) is 11.3 Å². The number of nitrogens with one attached hydrogen (secondary N) is 1. The number of piperidine rings is 1. The zero-order valence-electron chi connectivity index (χ0n) is 20.1. The Balaban J connectivity index is 1.46. The molecular weight excluding hydrogens is 438 g/mol. The van der Waals surface area contributed by atoms with Crippen molar-refractivity contribution in [3.05, 3.63) is 35.7 Å². The Hall–Kier alpha value is -2.78. The Labute approximate surface area is 199 Å². The van der Waals surface area contributed by atoms with Crippen molar-refractivity contribution in [1.82, 2.24) is 19.7 Å². The first-order valence-electron chi connectivity index (χ1n) is 11.2. The number of aryl methyl sites for hydroxylation is 1. The summed E-state index contributed by atoms with van der Waals surface area (Å²) in [4.78, 5) is 8.23. The second kappa shape index (κ2) is 10.4. The SMILES string of the molecule is COc1cc(OC)c(CNc2nc(C)c(-c3ccn(C[C@@H]4CCCN(C)C4)n3)s2)c(OC)c1. The topological polar surface area (TPSA) is 73.7 Å². The molecule has 0 saturated carbocycles. The molecule has 3 aromatic rings. The average molecular weight is 472 g/mol.